The van der Waals surface area contributed by atoms with Crippen molar-refractivity contribution in [3.8, 4) is 22.7 Å². The summed E-state index contributed by atoms with van der Waals surface area (Å²) in [5, 5.41) is 5.18. The largest absolute Gasteiger partial charge is 0.611 e. The molecule has 0 radical (unpaired) electrons. The zero-order valence-electron chi connectivity index (χ0n) is 13.9. The van der Waals surface area contributed by atoms with E-state index in [1.54, 1.807) is 43.5 Å². The Morgan fingerprint density at radius 2 is 1.96 bits per heavy atom. The predicted molar refractivity (Wildman–Crippen MR) is 102 cm³/mol. The van der Waals surface area contributed by atoms with Crippen molar-refractivity contribution >= 4 is 22.8 Å². The number of halogens is 1. The van der Waals surface area contributed by atoms with Crippen molar-refractivity contribution in [3.05, 3.63) is 69.5 Å². The van der Waals surface area contributed by atoms with E-state index in [0.29, 0.717) is 39.2 Å². The van der Waals surface area contributed by atoms with E-state index in [1.165, 1.54) is 4.68 Å². The Labute approximate surface area is 158 Å². The molecule has 1 aromatic heterocycles. The van der Waals surface area contributed by atoms with Crippen molar-refractivity contribution < 1.29 is 9.29 Å². The Morgan fingerprint density at radius 1 is 1.19 bits per heavy atom. The molecule has 2 aromatic carbocycles. The molecule has 1 aliphatic heterocycles. The van der Waals surface area contributed by atoms with Crippen molar-refractivity contribution in [2.45, 2.75) is 11.3 Å². The fourth-order valence-corrected chi connectivity index (χ4v) is 4.41. The molecule has 26 heavy (non-hydrogen) atoms. The first-order valence-electron chi connectivity index (χ1n) is 8.03. The van der Waals surface area contributed by atoms with Gasteiger partial charge in [-0.1, -0.05) is 11.6 Å². The number of hydrogen-bond donors (Lipinski definition) is 0. The zero-order valence-corrected chi connectivity index (χ0v) is 15.5. The molecular weight excluding hydrogens is 372 g/mol. The van der Waals surface area contributed by atoms with Gasteiger partial charge in [-0.3, -0.25) is 4.79 Å². The summed E-state index contributed by atoms with van der Waals surface area (Å²) in [6.45, 7) is 0. The van der Waals surface area contributed by atoms with Crippen LogP contribution in [0.4, 0.5) is 0 Å². The van der Waals surface area contributed by atoms with E-state index in [9.17, 15) is 9.35 Å². The van der Waals surface area contributed by atoms with Crippen LogP contribution in [-0.4, -0.2) is 27.2 Å². The minimum Gasteiger partial charge on any atom is -0.611 e. The second-order valence-electron chi connectivity index (χ2n) is 5.91. The fourth-order valence-electron chi connectivity index (χ4n) is 3.00. The molecule has 7 heteroatoms. The number of rotatable bonds is 2. The van der Waals surface area contributed by atoms with Gasteiger partial charge < -0.3 is 9.29 Å². The average molecular weight is 387 g/mol. The zero-order chi connectivity index (χ0) is 18.3. The molecule has 1 aliphatic rings. The van der Waals surface area contributed by atoms with Crippen molar-refractivity contribution in [1.82, 2.24) is 9.78 Å². The standard InChI is InChI=1S/C19H15ClN2O3S/c1-25-15-6-7-16-17(11-15)26(24)9-8-12-10-18(23)22(21-19(12)16)14-4-2-13(20)3-5-14/h2-7,10-11H,8-9H2,1H3. The highest BCUT2D eigenvalue weighted by atomic mass is 35.5. The van der Waals surface area contributed by atoms with Gasteiger partial charge in [0.1, 0.15) is 11.5 Å². The maximum Gasteiger partial charge on any atom is 0.271 e. The molecule has 0 aliphatic carbocycles. The minimum atomic E-state index is -1.18. The molecule has 0 saturated heterocycles. The lowest BCUT2D eigenvalue weighted by Gasteiger charge is -2.12. The third-order valence-corrected chi connectivity index (χ3v) is 5.98. The molecule has 0 saturated carbocycles. The summed E-state index contributed by atoms with van der Waals surface area (Å²) in [7, 11) is 1.58. The highest BCUT2D eigenvalue weighted by Crippen LogP contribution is 2.35. The molecule has 132 valence electrons. The first-order valence-corrected chi connectivity index (χ1v) is 9.72. The van der Waals surface area contributed by atoms with Gasteiger partial charge >= 0.3 is 0 Å². The van der Waals surface area contributed by atoms with E-state index in [-0.39, 0.29) is 5.56 Å². The summed E-state index contributed by atoms with van der Waals surface area (Å²) in [4.78, 5) is 13.2. The van der Waals surface area contributed by atoms with Crippen molar-refractivity contribution in [3.63, 3.8) is 0 Å². The van der Waals surface area contributed by atoms with Gasteiger partial charge in [0.2, 0.25) is 0 Å². The average Bonchev–Trinajstić information content (AvgIpc) is 2.78. The summed E-state index contributed by atoms with van der Waals surface area (Å²) in [5.41, 5.74) is 2.64. The Morgan fingerprint density at radius 3 is 2.69 bits per heavy atom. The van der Waals surface area contributed by atoms with Crippen LogP contribution in [0, 0.1) is 0 Å². The SMILES string of the molecule is COc1ccc2c(c1)[S+]([O-])CCc1cc(=O)n(-c3ccc(Cl)cc3)nc1-2. The number of nitrogens with zero attached hydrogens (tertiary/aromatic N) is 2. The van der Waals surface area contributed by atoms with Gasteiger partial charge in [0.15, 0.2) is 4.90 Å². The Balaban J connectivity index is 1.94. The molecule has 2 heterocycles. The second-order valence-corrected chi connectivity index (χ2v) is 7.88. The summed E-state index contributed by atoms with van der Waals surface area (Å²) < 4.78 is 19.3. The maximum absolute atomic E-state index is 12.6. The lowest BCUT2D eigenvalue weighted by molar-refractivity contribution is 0.413. The lowest BCUT2D eigenvalue weighted by atomic mass is 10.0. The molecular formula is C19H15ClN2O3S. The molecule has 0 bridgehead atoms. The van der Waals surface area contributed by atoms with E-state index in [0.717, 1.165) is 11.1 Å². The summed E-state index contributed by atoms with van der Waals surface area (Å²) in [5.74, 6) is 1.09. The number of hydrogen-bond acceptors (Lipinski definition) is 4. The number of methoxy groups -OCH3 is 1. The van der Waals surface area contributed by atoms with Crippen LogP contribution in [-0.2, 0) is 17.6 Å². The highest BCUT2D eigenvalue weighted by molar-refractivity contribution is 7.91. The molecule has 0 N–H and O–H groups in total. The molecule has 1 atom stereocenters. The topological polar surface area (TPSA) is 67.2 Å². The number of aryl methyl sites for hydroxylation is 1. The third-order valence-electron chi connectivity index (χ3n) is 4.33. The van der Waals surface area contributed by atoms with Gasteiger partial charge in [0.25, 0.3) is 5.56 Å². The van der Waals surface area contributed by atoms with Gasteiger partial charge in [-0.15, -0.1) is 0 Å². The van der Waals surface area contributed by atoms with Crippen LogP contribution in [0.3, 0.4) is 0 Å². The van der Waals surface area contributed by atoms with E-state index in [4.69, 9.17) is 16.3 Å². The van der Waals surface area contributed by atoms with Crippen LogP contribution in [0.15, 0.2) is 58.2 Å². The molecule has 0 spiro atoms. The Hall–Kier alpha value is -2.28. The molecule has 3 aromatic rings. The monoisotopic (exact) mass is 386 g/mol. The van der Waals surface area contributed by atoms with Crippen molar-refractivity contribution in [1.29, 1.82) is 0 Å². The van der Waals surface area contributed by atoms with E-state index >= 15 is 0 Å². The van der Waals surface area contributed by atoms with Crippen LogP contribution in [0.1, 0.15) is 5.56 Å². The van der Waals surface area contributed by atoms with Crippen molar-refractivity contribution in [2.75, 3.05) is 12.9 Å². The lowest BCUT2D eigenvalue weighted by Crippen LogP contribution is -2.22. The minimum absolute atomic E-state index is 0.228. The Bertz CT molecular complexity index is 1030. The molecule has 0 amide bonds. The molecule has 4 rings (SSSR count). The van der Waals surface area contributed by atoms with Crippen LogP contribution in [0.5, 0.6) is 5.75 Å². The second kappa shape index (κ2) is 6.79. The summed E-state index contributed by atoms with van der Waals surface area (Å²) in [6, 6.07) is 13.9. The first kappa shape index (κ1) is 17.1. The number of benzene rings is 2. The number of fused-ring (bicyclic) bond motifs is 3. The summed E-state index contributed by atoms with van der Waals surface area (Å²) >= 11 is 4.75. The smallest absolute Gasteiger partial charge is 0.271 e. The quantitative estimate of drug-likeness (QED) is 0.634. The number of aromatic nitrogens is 2. The molecule has 1 unspecified atom stereocenters. The number of ether oxygens (including phenoxy) is 1. The fraction of sp³-hybridized carbons (Fsp3) is 0.158. The maximum atomic E-state index is 12.6. The van der Waals surface area contributed by atoms with Gasteiger partial charge in [-0.05, 0) is 53.1 Å². The van der Waals surface area contributed by atoms with Crippen LogP contribution >= 0.6 is 11.6 Å². The molecule has 5 nitrogen and oxygen atoms in total. The summed E-state index contributed by atoms with van der Waals surface area (Å²) in [6.07, 6.45) is 0.530. The predicted octanol–water partition coefficient (Wildman–Crippen LogP) is 3.23. The first-order chi connectivity index (χ1) is 12.6. The van der Waals surface area contributed by atoms with Crippen molar-refractivity contribution in [2.24, 2.45) is 0 Å². The van der Waals surface area contributed by atoms with Crippen LogP contribution in [0.2, 0.25) is 5.02 Å². The van der Waals surface area contributed by atoms with Gasteiger partial charge in [-0.2, -0.15) is 9.78 Å². The van der Waals surface area contributed by atoms with Crippen LogP contribution in [0.25, 0.3) is 16.9 Å². The third kappa shape index (κ3) is 3.00. The van der Waals surface area contributed by atoms with Gasteiger partial charge in [-0.25, -0.2) is 0 Å². The Kier molecular flexibility index (Phi) is 4.48. The van der Waals surface area contributed by atoms with Gasteiger partial charge in [0, 0.05) is 23.6 Å². The van der Waals surface area contributed by atoms with Gasteiger partial charge in [0.05, 0.1) is 24.1 Å². The van der Waals surface area contributed by atoms with E-state index in [2.05, 4.69) is 5.10 Å². The van der Waals surface area contributed by atoms with Crippen LogP contribution < -0.4 is 10.3 Å². The molecule has 0 fully saturated rings. The normalized spacial score (nSPS) is 15.7. The van der Waals surface area contributed by atoms with E-state index in [1.807, 2.05) is 12.1 Å². The highest BCUT2D eigenvalue weighted by Gasteiger charge is 2.27. The van der Waals surface area contributed by atoms with E-state index < -0.39 is 11.2 Å².